The topological polar surface area (TPSA) is 24.5 Å². The summed E-state index contributed by atoms with van der Waals surface area (Å²) < 4.78 is 5.71. The van der Waals surface area contributed by atoms with Crippen LogP contribution in [0.3, 0.4) is 0 Å². The molecule has 0 spiro atoms. The molecule has 23 heavy (non-hydrogen) atoms. The Kier molecular flexibility index (Phi) is 5.30. The van der Waals surface area contributed by atoms with Crippen LogP contribution in [0.1, 0.15) is 71.9 Å². The molecular weight excluding hydrogens is 284 g/mol. The summed E-state index contributed by atoms with van der Waals surface area (Å²) in [6.45, 7) is 16.8. The molecule has 0 bridgehead atoms. The summed E-state index contributed by atoms with van der Waals surface area (Å²) in [7, 11) is 1.78. The SMILES string of the molecule is COc1cc2c(cc1CNC(C)C)[C@H](C)CC(C)(C)N2C(C)C. The molecule has 2 rings (SSSR count). The molecule has 0 saturated heterocycles. The second-order valence-electron chi connectivity index (χ2n) is 8.14. The largest absolute Gasteiger partial charge is 0.496 e. The molecule has 1 heterocycles. The first-order valence-corrected chi connectivity index (χ1v) is 8.91. The van der Waals surface area contributed by atoms with Crippen molar-refractivity contribution in [1.82, 2.24) is 5.32 Å². The quantitative estimate of drug-likeness (QED) is 0.852. The van der Waals surface area contributed by atoms with Gasteiger partial charge in [0.25, 0.3) is 0 Å². The van der Waals surface area contributed by atoms with Gasteiger partial charge in [0.1, 0.15) is 5.75 Å². The molecule has 1 aliphatic heterocycles. The molecule has 3 heteroatoms. The maximum atomic E-state index is 5.71. The summed E-state index contributed by atoms with van der Waals surface area (Å²) in [5, 5.41) is 3.51. The lowest BCUT2D eigenvalue weighted by atomic mass is 9.78. The van der Waals surface area contributed by atoms with E-state index >= 15 is 0 Å². The minimum atomic E-state index is 0.170. The van der Waals surface area contributed by atoms with Crippen LogP contribution in [0.15, 0.2) is 12.1 Å². The van der Waals surface area contributed by atoms with Gasteiger partial charge in [-0.1, -0.05) is 20.8 Å². The summed E-state index contributed by atoms with van der Waals surface area (Å²) in [6.07, 6.45) is 1.18. The molecule has 0 amide bonds. The normalized spacial score (nSPS) is 20.1. The highest BCUT2D eigenvalue weighted by atomic mass is 16.5. The summed E-state index contributed by atoms with van der Waals surface area (Å²) in [5.74, 6) is 1.56. The van der Waals surface area contributed by atoms with Gasteiger partial charge in [0, 0.05) is 41.5 Å². The fourth-order valence-electron chi connectivity index (χ4n) is 4.14. The van der Waals surface area contributed by atoms with Crippen molar-refractivity contribution in [3.05, 3.63) is 23.3 Å². The van der Waals surface area contributed by atoms with Crippen LogP contribution in [0.4, 0.5) is 5.69 Å². The third-order valence-corrected chi connectivity index (χ3v) is 4.90. The smallest absolute Gasteiger partial charge is 0.125 e. The van der Waals surface area contributed by atoms with Crippen molar-refractivity contribution in [1.29, 1.82) is 0 Å². The molecule has 130 valence electrons. The monoisotopic (exact) mass is 318 g/mol. The van der Waals surface area contributed by atoms with Crippen molar-refractivity contribution in [2.75, 3.05) is 12.0 Å². The first-order chi connectivity index (χ1) is 10.7. The lowest BCUT2D eigenvalue weighted by Crippen LogP contribution is -2.51. The molecule has 0 radical (unpaired) electrons. The zero-order valence-corrected chi connectivity index (χ0v) is 16.2. The van der Waals surface area contributed by atoms with Gasteiger partial charge in [-0.15, -0.1) is 0 Å². The predicted octanol–water partition coefficient (Wildman–Crippen LogP) is 4.69. The minimum Gasteiger partial charge on any atom is -0.496 e. The van der Waals surface area contributed by atoms with E-state index in [1.54, 1.807) is 7.11 Å². The second-order valence-corrected chi connectivity index (χ2v) is 8.14. The van der Waals surface area contributed by atoms with E-state index in [9.17, 15) is 0 Å². The number of rotatable bonds is 5. The van der Waals surface area contributed by atoms with Gasteiger partial charge in [0.15, 0.2) is 0 Å². The predicted molar refractivity (Wildman–Crippen MR) is 99.7 cm³/mol. The van der Waals surface area contributed by atoms with Crippen LogP contribution < -0.4 is 15.0 Å². The lowest BCUT2D eigenvalue weighted by Gasteiger charge is -2.50. The highest BCUT2D eigenvalue weighted by Gasteiger charge is 2.38. The highest BCUT2D eigenvalue weighted by Crippen LogP contribution is 2.46. The Balaban J connectivity index is 2.51. The molecule has 0 fully saturated rings. The Morgan fingerprint density at radius 1 is 1.26 bits per heavy atom. The number of nitrogens with one attached hydrogen (secondary N) is 1. The van der Waals surface area contributed by atoms with Gasteiger partial charge in [-0.05, 0) is 51.7 Å². The number of anilines is 1. The maximum absolute atomic E-state index is 5.71. The van der Waals surface area contributed by atoms with E-state index in [4.69, 9.17) is 4.74 Å². The highest BCUT2D eigenvalue weighted by molar-refractivity contribution is 5.65. The summed E-state index contributed by atoms with van der Waals surface area (Å²) in [6, 6.07) is 5.56. The number of ether oxygens (including phenoxy) is 1. The molecule has 0 unspecified atom stereocenters. The van der Waals surface area contributed by atoms with Crippen molar-refractivity contribution in [3.63, 3.8) is 0 Å². The Hall–Kier alpha value is -1.22. The molecule has 0 saturated carbocycles. The Bertz CT molecular complexity index is 549. The van der Waals surface area contributed by atoms with Gasteiger partial charge in [0.2, 0.25) is 0 Å². The van der Waals surface area contributed by atoms with Crippen LogP contribution in [0.2, 0.25) is 0 Å². The zero-order chi connectivity index (χ0) is 17.4. The minimum absolute atomic E-state index is 0.170. The van der Waals surface area contributed by atoms with Crippen molar-refractivity contribution in [2.45, 2.75) is 85.0 Å². The van der Waals surface area contributed by atoms with Crippen LogP contribution in [-0.4, -0.2) is 24.7 Å². The number of methoxy groups -OCH3 is 1. The molecule has 0 aromatic heterocycles. The first-order valence-electron chi connectivity index (χ1n) is 8.91. The number of benzene rings is 1. The van der Waals surface area contributed by atoms with E-state index in [1.165, 1.54) is 23.2 Å². The van der Waals surface area contributed by atoms with Gasteiger partial charge in [-0.25, -0.2) is 0 Å². The van der Waals surface area contributed by atoms with E-state index in [0.29, 0.717) is 18.0 Å². The van der Waals surface area contributed by atoms with Crippen LogP contribution >= 0.6 is 0 Å². The average molecular weight is 319 g/mol. The van der Waals surface area contributed by atoms with Crippen molar-refractivity contribution in [3.8, 4) is 5.75 Å². The van der Waals surface area contributed by atoms with Crippen molar-refractivity contribution < 1.29 is 4.74 Å². The summed E-state index contributed by atoms with van der Waals surface area (Å²) >= 11 is 0. The molecular formula is C20H34N2O. The molecule has 3 nitrogen and oxygen atoms in total. The fourth-order valence-corrected chi connectivity index (χ4v) is 4.14. The van der Waals surface area contributed by atoms with Gasteiger partial charge >= 0.3 is 0 Å². The third-order valence-electron chi connectivity index (χ3n) is 4.90. The summed E-state index contributed by atoms with van der Waals surface area (Å²) in [4.78, 5) is 2.56. The molecule has 1 atom stereocenters. The summed E-state index contributed by atoms with van der Waals surface area (Å²) in [5.41, 5.74) is 4.23. The third kappa shape index (κ3) is 3.65. The van der Waals surface area contributed by atoms with E-state index in [0.717, 1.165) is 12.3 Å². The number of hydrogen-bond acceptors (Lipinski definition) is 3. The van der Waals surface area contributed by atoms with E-state index in [1.807, 2.05) is 0 Å². The number of nitrogens with zero attached hydrogens (tertiary/aromatic N) is 1. The molecule has 0 aliphatic carbocycles. The van der Waals surface area contributed by atoms with Crippen LogP contribution in [0.25, 0.3) is 0 Å². The fraction of sp³-hybridized carbons (Fsp3) is 0.700. The zero-order valence-electron chi connectivity index (χ0n) is 16.2. The van der Waals surface area contributed by atoms with Crippen LogP contribution in [0, 0.1) is 0 Å². The van der Waals surface area contributed by atoms with Crippen molar-refractivity contribution >= 4 is 5.69 Å². The van der Waals surface area contributed by atoms with Crippen LogP contribution in [-0.2, 0) is 6.54 Å². The lowest BCUT2D eigenvalue weighted by molar-refractivity contribution is 0.353. The first kappa shape index (κ1) is 18.1. The molecule has 1 aromatic rings. The van der Waals surface area contributed by atoms with Crippen LogP contribution in [0.5, 0.6) is 5.75 Å². The molecule has 1 N–H and O–H groups in total. The van der Waals surface area contributed by atoms with Crippen molar-refractivity contribution in [2.24, 2.45) is 0 Å². The maximum Gasteiger partial charge on any atom is 0.125 e. The van der Waals surface area contributed by atoms with E-state index in [2.05, 4.69) is 70.8 Å². The number of hydrogen-bond donors (Lipinski definition) is 1. The van der Waals surface area contributed by atoms with Gasteiger partial charge < -0.3 is 15.0 Å². The Morgan fingerprint density at radius 3 is 2.43 bits per heavy atom. The second kappa shape index (κ2) is 6.72. The van der Waals surface area contributed by atoms with E-state index < -0.39 is 0 Å². The molecule has 1 aliphatic rings. The van der Waals surface area contributed by atoms with E-state index in [-0.39, 0.29) is 5.54 Å². The number of fused-ring (bicyclic) bond motifs is 1. The van der Waals surface area contributed by atoms with Gasteiger partial charge in [0.05, 0.1) is 7.11 Å². The standard InChI is InChI=1S/C20H34N2O/c1-13(2)21-12-16-9-17-15(5)11-20(6,7)22(14(3)4)18(17)10-19(16)23-8/h9-10,13-15,21H,11-12H2,1-8H3/t15-/m1/s1. The Labute approximate surface area is 142 Å². The van der Waals surface area contributed by atoms with Gasteiger partial charge in [-0.3, -0.25) is 0 Å². The molecule has 1 aromatic carbocycles. The van der Waals surface area contributed by atoms with Gasteiger partial charge in [-0.2, -0.15) is 0 Å². The average Bonchev–Trinajstić information content (AvgIpc) is 2.42. The Morgan fingerprint density at radius 2 is 1.91 bits per heavy atom.